The van der Waals surface area contributed by atoms with Crippen molar-refractivity contribution in [3.63, 3.8) is 0 Å². The molecule has 0 aromatic heterocycles. The summed E-state index contributed by atoms with van der Waals surface area (Å²) in [6.07, 6.45) is 1.60. The first kappa shape index (κ1) is 19.7. The summed E-state index contributed by atoms with van der Waals surface area (Å²) in [4.78, 5) is 13.8. The third-order valence-electron chi connectivity index (χ3n) is 4.00. The quantitative estimate of drug-likeness (QED) is 0.618. The number of hydrogen-bond acceptors (Lipinski definition) is 3. The number of carbonyl (C=O) groups is 1. The van der Waals surface area contributed by atoms with Gasteiger partial charge in [-0.1, -0.05) is 37.6 Å². The molecule has 0 bridgehead atoms. The lowest BCUT2D eigenvalue weighted by molar-refractivity contribution is -0.121. The molecule has 0 saturated heterocycles. The van der Waals surface area contributed by atoms with Gasteiger partial charge >= 0.3 is 0 Å². The first-order chi connectivity index (χ1) is 12.1. The smallest absolute Gasteiger partial charge is 0.233 e. The third-order valence-corrected chi connectivity index (χ3v) is 5.63. The van der Waals surface area contributed by atoms with E-state index in [2.05, 4.69) is 12.2 Å². The number of halogens is 1. The fourth-order valence-corrected chi connectivity index (χ4v) is 3.61. The molecule has 0 aliphatic carbocycles. The van der Waals surface area contributed by atoms with Crippen molar-refractivity contribution >= 4 is 29.3 Å². The maximum Gasteiger partial charge on any atom is 0.233 e. The molecule has 0 fully saturated rings. The zero-order valence-corrected chi connectivity index (χ0v) is 16.4. The van der Waals surface area contributed by atoms with E-state index in [1.807, 2.05) is 55.5 Å². The molecule has 3 nitrogen and oxygen atoms in total. The minimum absolute atomic E-state index is 0.00160. The van der Waals surface area contributed by atoms with Crippen LogP contribution in [0.25, 0.3) is 0 Å². The van der Waals surface area contributed by atoms with Gasteiger partial charge in [0, 0.05) is 9.92 Å². The van der Waals surface area contributed by atoms with Crippen LogP contribution in [0.3, 0.4) is 0 Å². The van der Waals surface area contributed by atoms with E-state index in [0.29, 0.717) is 5.02 Å². The van der Waals surface area contributed by atoms with Gasteiger partial charge in [0.2, 0.25) is 5.91 Å². The van der Waals surface area contributed by atoms with E-state index in [4.69, 9.17) is 16.3 Å². The van der Waals surface area contributed by atoms with Crippen molar-refractivity contribution < 1.29 is 9.53 Å². The molecule has 0 aliphatic heterocycles. The monoisotopic (exact) mass is 377 g/mol. The summed E-state index contributed by atoms with van der Waals surface area (Å²) >= 11 is 7.49. The molecule has 2 aromatic carbocycles. The lowest BCUT2D eigenvalue weighted by atomic mass is 10.0. The topological polar surface area (TPSA) is 38.3 Å². The van der Waals surface area contributed by atoms with Gasteiger partial charge in [-0.2, -0.15) is 0 Å². The molecule has 1 N–H and O–H groups in total. The molecule has 0 spiro atoms. The molecule has 0 heterocycles. The van der Waals surface area contributed by atoms with E-state index < -0.39 is 0 Å². The summed E-state index contributed by atoms with van der Waals surface area (Å²) in [5, 5.41) is 3.75. The second-order valence-electron chi connectivity index (χ2n) is 5.71. The number of methoxy groups -OCH3 is 1. The van der Waals surface area contributed by atoms with Crippen molar-refractivity contribution in [3.8, 4) is 5.75 Å². The van der Waals surface area contributed by atoms with Crippen molar-refractivity contribution in [1.82, 2.24) is 5.32 Å². The van der Waals surface area contributed by atoms with Crippen LogP contribution in [0.4, 0.5) is 0 Å². The Labute approximate surface area is 159 Å². The molecular weight excluding hydrogens is 354 g/mol. The summed E-state index contributed by atoms with van der Waals surface area (Å²) in [6, 6.07) is 15.4. The van der Waals surface area contributed by atoms with Gasteiger partial charge in [0.05, 0.1) is 18.4 Å². The van der Waals surface area contributed by atoms with Crippen molar-refractivity contribution in [2.24, 2.45) is 0 Å². The van der Waals surface area contributed by atoms with Gasteiger partial charge in [-0.3, -0.25) is 4.79 Å². The van der Waals surface area contributed by atoms with E-state index in [9.17, 15) is 4.79 Å². The van der Waals surface area contributed by atoms with E-state index in [0.717, 1.165) is 29.1 Å². The number of hydrogen-bond donors (Lipinski definition) is 1. The van der Waals surface area contributed by atoms with Crippen LogP contribution < -0.4 is 10.1 Å². The Morgan fingerprint density at radius 2 is 1.72 bits per heavy atom. The second-order valence-corrected chi connectivity index (χ2v) is 7.42. The van der Waals surface area contributed by atoms with Crippen molar-refractivity contribution in [3.05, 3.63) is 59.1 Å². The fourth-order valence-electron chi connectivity index (χ4n) is 2.52. The molecule has 134 valence electrons. The second kappa shape index (κ2) is 9.73. The van der Waals surface area contributed by atoms with Gasteiger partial charge in [0.1, 0.15) is 5.75 Å². The molecule has 0 aliphatic rings. The van der Waals surface area contributed by atoms with Crippen molar-refractivity contribution in [1.29, 1.82) is 0 Å². The first-order valence-corrected chi connectivity index (χ1v) is 9.69. The van der Waals surface area contributed by atoms with Crippen LogP contribution >= 0.6 is 23.4 Å². The first-order valence-electron chi connectivity index (χ1n) is 8.43. The lowest BCUT2D eigenvalue weighted by Gasteiger charge is -2.21. The Morgan fingerprint density at radius 1 is 1.08 bits per heavy atom. The number of rotatable bonds is 8. The fraction of sp³-hybridized carbons (Fsp3) is 0.350. The predicted molar refractivity (Wildman–Crippen MR) is 106 cm³/mol. The molecule has 1 amide bonds. The molecule has 5 heteroatoms. The van der Waals surface area contributed by atoms with Crippen LogP contribution in [0.15, 0.2) is 53.4 Å². The summed E-state index contributed by atoms with van der Waals surface area (Å²) in [6.45, 7) is 4.10. The number of ether oxygens (including phenoxy) is 1. The lowest BCUT2D eigenvalue weighted by Crippen LogP contribution is -2.35. The van der Waals surface area contributed by atoms with Gasteiger partial charge in [0.15, 0.2) is 0 Å². The highest BCUT2D eigenvalue weighted by Gasteiger charge is 2.21. The van der Waals surface area contributed by atoms with Crippen LogP contribution in [-0.4, -0.2) is 18.3 Å². The van der Waals surface area contributed by atoms with Crippen LogP contribution in [-0.2, 0) is 4.79 Å². The van der Waals surface area contributed by atoms with Gasteiger partial charge in [-0.05, 0) is 54.8 Å². The average Bonchev–Trinajstić information content (AvgIpc) is 2.65. The van der Waals surface area contributed by atoms with Crippen LogP contribution in [0.1, 0.15) is 38.3 Å². The highest BCUT2D eigenvalue weighted by molar-refractivity contribution is 8.00. The van der Waals surface area contributed by atoms with Crippen LogP contribution in [0.2, 0.25) is 5.02 Å². The van der Waals surface area contributed by atoms with Crippen LogP contribution in [0.5, 0.6) is 5.75 Å². The average molecular weight is 378 g/mol. The van der Waals surface area contributed by atoms with E-state index in [1.54, 1.807) is 18.9 Å². The number of amides is 1. The Morgan fingerprint density at radius 3 is 2.24 bits per heavy atom. The molecule has 0 saturated carbocycles. The predicted octanol–water partition coefficient (Wildman–Crippen LogP) is 5.49. The van der Waals surface area contributed by atoms with Gasteiger partial charge < -0.3 is 10.1 Å². The molecule has 25 heavy (non-hydrogen) atoms. The molecule has 2 rings (SSSR count). The van der Waals surface area contributed by atoms with E-state index in [-0.39, 0.29) is 17.2 Å². The minimum atomic E-state index is -0.131. The van der Waals surface area contributed by atoms with Crippen molar-refractivity contribution in [2.75, 3.05) is 7.11 Å². The largest absolute Gasteiger partial charge is 0.497 e. The van der Waals surface area contributed by atoms with Gasteiger partial charge in [-0.15, -0.1) is 11.8 Å². The normalized spacial score (nSPS) is 13.1. The maximum atomic E-state index is 12.7. The highest BCUT2D eigenvalue weighted by atomic mass is 35.5. The molecule has 2 aromatic rings. The van der Waals surface area contributed by atoms with Gasteiger partial charge in [0.25, 0.3) is 0 Å². The summed E-state index contributed by atoms with van der Waals surface area (Å²) in [7, 11) is 1.65. The molecule has 0 unspecified atom stereocenters. The Kier molecular flexibility index (Phi) is 7.66. The Bertz CT molecular complexity index is 673. The molecule has 2 atom stereocenters. The number of thioether (sulfide) groups is 1. The van der Waals surface area contributed by atoms with E-state index in [1.165, 1.54) is 0 Å². The van der Waals surface area contributed by atoms with Crippen LogP contribution in [0, 0.1) is 0 Å². The third kappa shape index (κ3) is 5.68. The minimum Gasteiger partial charge on any atom is -0.497 e. The van der Waals surface area contributed by atoms with Crippen molar-refractivity contribution in [2.45, 2.75) is 42.9 Å². The summed E-state index contributed by atoms with van der Waals surface area (Å²) < 4.78 is 5.19. The molecule has 0 radical (unpaired) electrons. The number of benzene rings is 2. The standard InChI is InChI=1S/C20H24ClNO2S/c1-4-18(14-6-10-16(24-3)11-7-14)22-20(23)19(5-2)25-17-12-8-15(21)9-13-17/h6-13,18-19H,4-5H2,1-3H3,(H,22,23)/t18-,19-/m1/s1. The SMILES string of the molecule is CC[C@@H](Sc1ccc(Cl)cc1)C(=O)N[C@H](CC)c1ccc(OC)cc1. The Balaban J connectivity index is 2.03. The maximum absolute atomic E-state index is 12.7. The zero-order valence-electron chi connectivity index (χ0n) is 14.8. The number of carbonyl (C=O) groups excluding carboxylic acids is 1. The van der Waals surface area contributed by atoms with Gasteiger partial charge in [-0.25, -0.2) is 0 Å². The number of nitrogens with one attached hydrogen (secondary N) is 1. The van der Waals surface area contributed by atoms with E-state index >= 15 is 0 Å². The zero-order chi connectivity index (χ0) is 18.2. The molecular formula is C20H24ClNO2S. The highest BCUT2D eigenvalue weighted by Crippen LogP contribution is 2.28. The summed E-state index contributed by atoms with van der Waals surface area (Å²) in [5.41, 5.74) is 1.09. The summed E-state index contributed by atoms with van der Waals surface area (Å²) in [5.74, 6) is 0.875. The Hall–Kier alpha value is -1.65.